The summed E-state index contributed by atoms with van der Waals surface area (Å²) in [7, 11) is 1.74. The highest BCUT2D eigenvalue weighted by molar-refractivity contribution is 6.36. The first-order chi connectivity index (χ1) is 10.9. The largest absolute Gasteiger partial charge is 0.441 e. The zero-order chi connectivity index (χ0) is 17.0. The van der Waals surface area contributed by atoms with Gasteiger partial charge in [-0.3, -0.25) is 4.79 Å². The molecule has 0 aliphatic rings. The number of aryl methyl sites for hydroxylation is 1. The van der Waals surface area contributed by atoms with E-state index < -0.39 is 0 Å². The van der Waals surface area contributed by atoms with Crippen molar-refractivity contribution in [2.24, 2.45) is 5.73 Å². The number of halogens is 4. The summed E-state index contributed by atoms with van der Waals surface area (Å²) in [5, 5.41) is 1.05. The van der Waals surface area contributed by atoms with Gasteiger partial charge in [0.2, 0.25) is 5.91 Å². The Labute approximate surface area is 169 Å². The first kappa shape index (κ1) is 24.0. The highest BCUT2D eigenvalue weighted by atomic mass is 35.5. The SMILES string of the molecule is CC(CN)N(C)C(=O)CCc1ncc(-c2ccc(Cl)cc2Cl)o1.Cl.Cl. The lowest BCUT2D eigenvalue weighted by Crippen LogP contribution is -2.39. The molecule has 1 unspecified atom stereocenters. The smallest absolute Gasteiger partial charge is 0.223 e. The number of carbonyl (C=O) groups excluding carboxylic acids is 1. The van der Waals surface area contributed by atoms with Gasteiger partial charge >= 0.3 is 0 Å². The van der Waals surface area contributed by atoms with E-state index in [1.165, 1.54) is 0 Å². The first-order valence-corrected chi connectivity index (χ1v) is 8.03. The van der Waals surface area contributed by atoms with Crippen molar-refractivity contribution in [1.82, 2.24) is 9.88 Å². The molecular formula is C16H21Cl4N3O2. The van der Waals surface area contributed by atoms with E-state index in [2.05, 4.69) is 4.98 Å². The Bertz CT molecular complexity index is 694. The van der Waals surface area contributed by atoms with Crippen molar-refractivity contribution in [1.29, 1.82) is 0 Å². The predicted octanol–water partition coefficient (Wildman–Crippen LogP) is 4.23. The number of oxazole rings is 1. The highest BCUT2D eigenvalue weighted by Crippen LogP contribution is 2.30. The van der Waals surface area contributed by atoms with E-state index in [-0.39, 0.29) is 36.8 Å². The fraction of sp³-hybridized carbons (Fsp3) is 0.375. The number of nitrogens with two attached hydrogens (primary N) is 1. The lowest BCUT2D eigenvalue weighted by atomic mass is 10.2. The summed E-state index contributed by atoms with van der Waals surface area (Å²) in [6, 6.07) is 5.16. The number of benzene rings is 1. The Balaban J connectivity index is 0.00000288. The fourth-order valence-corrected chi connectivity index (χ4v) is 2.54. The topological polar surface area (TPSA) is 72.4 Å². The molecule has 1 heterocycles. The van der Waals surface area contributed by atoms with Crippen LogP contribution in [0.5, 0.6) is 0 Å². The van der Waals surface area contributed by atoms with Gasteiger partial charge in [0.15, 0.2) is 11.7 Å². The standard InChI is InChI=1S/C16H19Cl2N3O2.2ClH/c1-10(8-19)21(2)16(22)6-5-15-20-9-14(23-15)12-4-3-11(17)7-13(12)18;;/h3-4,7,9-10H,5-6,8,19H2,1-2H3;2*1H. The molecule has 2 N–H and O–H groups in total. The molecule has 0 fully saturated rings. The summed E-state index contributed by atoms with van der Waals surface area (Å²) in [4.78, 5) is 17.9. The number of nitrogens with zero attached hydrogens (tertiary/aromatic N) is 2. The van der Waals surface area contributed by atoms with Gasteiger partial charge in [-0.25, -0.2) is 4.98 Å². The third-order valence-corrected chi connectivity index (χ3v) is 4.25. The molecule has 1 aromatic heterocycles. The lowest BCUT2D eigenvalue weighted by Gasteiger charge is -2.23. The molecular weight excluding hydrogens is 408 g/mol. The minimum absolute atomic E-state index is 0. The van der Waals surface area contributed by atoms with Crippen LogP contribution in [0, 0.1) is 0 Å². The molecule has 0 bridgehead atoms. The van der Waals surface area contributed by atoms with Crippen molar-refractivity contribution < 1.29 is 9.21 Å². The van der Waals surface area contributed by atoms with Gasteiger partial charge in [0.05, 0.1) is 11.2 Å². The van der Waals surface area contributed by atoms with Crippen molar-refractivity contribution in [3.05, 3.63) is 40.3 Å². The first-order valence-electron chi connectivity index (χ1n) is 7.28. The van der Waals surface area contributed by atoms with Crippen LogP contribution in [0.4, 0.5) is 0 Å². The van der Waals surface area contributed by atoms with Crippen LogP contribution < -0.4 is 5.73 Å². The predicted molar refractivity (Wildman–Crippen MR) is 106 cm³/mol. The Hall–Kier alpha value is -0.980. The maximum atomic E-state index is 12.1. The third kappa shape index (κ3) is 6.35. The molecule has 5 nitrogen and oxygen atoms in total. The number of likely N-dealkylation sites (N-methyl/N-ethyl adjacent to an activating group) is 1. The van der Waals surface area contributed by atoms with Gasteiger partial charge in [-0.1, -0.05) is 23.2 Å². The van der Waals surface area contributed by atoms with Gasteiger partial charge in [0, 0.05) is 43.1 Å². The van der Waals surface area contributed by atoms with Crippen molar-refractivity contribution in [2.45, 2.75) is 25.8 Å². The zero-order valence-corrected chi connectivity index (χ0v) is 17.0. The second-order valence-electron chi connectivity index (χ2n) is 5.33. The van der Waals surface area contributed by atoms with E-state index in [0.717, 1.165) is 5.56 Å². The molecule has 25 heavy (non-hydrogen) atoms. The van der Waals surface area contributed by atoms with Crippen molar-refractivity contribution >= 4 is 53.9 Å². The molecule has 0 saturated carbocycles. The normalized spacial score (nSPS) is 11.2. The molecule has 1 amide bonds. The number of hydrogen-bond acceptors (Lipinski definition) is 4. The van der Waals surface area contributed by atoms with Crippen molar-refractivity contribution in [2.75, 3.05) is 13.6 Å². The second-order valence-corrected chi connectivity index (χ2v) is 6.18. The molecule has 1 aromatic carbocycles. The van der Waals surface area contributed by atoms with Crippen molar-refractivity contribution in [3.8, 4) is 11.3 Å². The molecule has 2 aromatic rings. The summed E-state index contributed by atoms with van der Waals surface area (Å²) >= 11 is 12.0. The van der Waals surface area contributed by atoms with Gasteiger partial charge in [0.25, 0.3) is 0 Å². The van der Waals surface area contributed by atoms with Crippen LogP contribution in [0.3, 0.4) is 0 Å². The van der Waals surface area contributed by atoms with E-state index in [1.807, 2.05) is 6.92 Å². The second kappa shape index (κ2) is 10.9. The Morgan fingerprint density at radius 2 is 2.04 bits per heavy atom. The summed E-state index contributed by atoms with van der Waals surface area (Å²) in [6.45, 7) is 2.34. The monoisotopic (exact) mass is 427 g/mol. The maximum absolute atomic E-state index is 12.1. The van der Waals surface area contributed by atoms with Gasteiger partial charge in [-0.2, -0.15) is 0 Å². The van der Waals surface area contributed by atoms with Crippen LogP contribution in [0.15, 0.2) is 28.8 Å². The number of aromatic nitrogens is 1. The minimum atomic E-state index is 0. The van der Waals surface area contributed by atoms with Crippen LogP contribution in [-0.2, 0) is 11.2 Å². The lowest BCUT2D eigenvalue weighted by molar-refractivity contribution is -0.131. The number of hydrogen-bond donors (Lipinski definition) is 1. The average Bonchev–Trinajstić information content (AvgIpc) is 2.99. The molecule has 0 aliphatic heterocycles. The number of carbonyl (C=O) groups is 1. The Kier molecular flexibility index (Phi) is 10.5. The van der Waals surface area contributed by atoms with Crippen LogP contribution >= 0.6 is 48.0 Å². The third-order valence-electron chi connectivity index (χ3n) is 3.70. The molecule has 0 radical (unpaired) electrons. The fourth-order valence-electron chi connectivity index (χ4n) is 2.03. The van der Waals surface area contributed by atoms with Gasteiger partial charge < -0.3 is 15.1 Å². The summed E-state index contributed by atoms with van der Waals surface area (Å²) in [6.07, 6.45) is 2.34. The van der Waals surface area contributed by atoms with E-state index in [0.29, 0.717) is 41.1 Å². The van der Waals surface area contributed by atoms with Gasteiger partial charge in [0.1, 0.15) is 0 Å². The minimum Gasteiger partial charge on any atom is -0.441 e. The molecule has 0 aliphatic carbocycles. The van der Waals surface area contributed by atoms with E-state index in [4.69, 9.17) is 33.4 Å². The molecule has 0 saturated heterocycles. The van der Waals surface area contributed by atoms with Crippen LogP contribution in [-0.4, -0.2) is 35.4 Å². The maximum Gasteiger partial charge on any atom is 0.223 e. The van der Waals surface area contributed by atoms with Crippen molar-refractivity contribution in [3.63, 3.8) is 0 Å². The van der Waals surface area contributed by atoms with Crippen LogP contribution in [0.1, 0.15) is 19.2 Å². The zero-order valence-electron chi connectivity index (χ0n) is 13.9. The Morgan fingerprint density at radius 1 is 1.36 bits per heavy atom. The molecule has 9 heteroatoms. The molecule has 2 rings (SSSR count). The number of amides is 1. The van der Waals surface area contributed by atoms with E-state index in [1.54, 1.807) is 36.3 Å². The van der Waals surface area contributed by atoms with Gasteiger partial charge in [-0.15, -0.1) is 24.8 Å². The highest BCUT2D eigenvalue weighted by Gasteiger charge is 2.16. The number of rotatable bonds is 6. The molecule has 1 atom stereocenters. The molecule has 140 valence electrons. The van der Waals surface area contributed by atoms with Gasteiger partial charge in [-0.05, 0) is 25.1 Å². The Morgan fingerprint density at radius 3 is 2.64 bits per heavy atom. The molecule has 0 spiro atoms. The van der Waals surface area contributed by atoms with E-state index >= 15 is 0 Å². The quantitative estimate of drug-likeness (QED) is 0.746. The summed E-state index contributed by atoms with van der Waals surface area (Å²) in [5.74, 6) is 1.05. The van der Waals surface area contributed by atoms with Crippen LogP contribution in [0.2, 0.25) is 10.0 Å². The average molecular weight is 429 g/mol. The van der Waals surface area contributed by atoms with E-state index in [9.17, 15) is 4.79 Å². The summed E-state index contributed by atoms with van der Waals surface area (Å²) in [5.41, 5.74) is 6.28. The van der Waals surface area contributed by atoms with Crippen LogP contribution in [0.25, 0.3) is 11.3 Å². The summed E-state index contributed by atoms with van der Waals surface area (Å²) < 4.78 is 5.67.